The highest BCUT2D eigenvalue weighted by atomic mass is 15.2. The predicted molar refractivity (Wildman–Crippen MR) is 73.1 cm³/mol. The van der Waals surface area contributed by atoms with Crippen molar-refractivity contribution >= 4 is 0 Å². The van der Waals surface area contributed by atoms with Crippen LogP contribution in [-0.4, -0.2) is 25.0 Å². The Kier molecular flexibility index (Phi) is 3.85. The topological polar surface area (TPSA) is 29.3 Å². The van der Waals surface area contributed by atoms with Gasteiger partial charge in [0.25, 0.3) is 0 Å². The van der Waals surface area contributed by atoms with Crippen molar-refractivity contribution in [1.29, 1.82) is 0 Å². The molecule has 0 radical (unpaired) electrons. The molecule has 1 heterocycles. The third-order valence-corrected chi connectivity index (χ3v) is 4.11. The highest BCUT2D eigenvalue weighted by Crippen LogP contribution is 2.34. The fourth-order valence-electron chi connectivity index (χ4n) is 2.95. The maximum absolute atomic E-state index is 5.79. The first kappa shape index (κ1) is 12.6. The molecule has 2 atom stereocenters. The molecule has 17 heavy (non-hydrogen) atoms. The lowest BCUT2D eigenvalue weighted by Gasteiger charge is -2.20. The van der Waals surface area contributed by atoms with E-state index in [0.29, 0.717) is 12.0 Å². The van der Waals surface area contributed by atoms with E-state index in [0.717, 1.165) is 19.5 Å². The van der Waals surface area contributed by atoms with Gasteiger partial charge in [-0.2, -0.15) is 0 Å². The third kappa shape index (κ3) is 2.53. The molecule has 94 valence electrons. The van der Waals surface area contributed by atoms with Crippen molar-refractivity contribution in [2.45, 2.75) is 32.7 Å². The largest absolute Gasteiger partial charge is 0.330 e. The molecule has 0 bridgehead atoms. The number of aryl methyl sites for hydroxylation is 2. The van der Waals surface area contributed by atoms with Gasteiger partial charge in [-0.1, -0.05) is 25.1 Å². The summed E-state index contributed by atoms with van der Waals surface area (Å²) in [5.41, 5.74) is 10.1. The maximum Gasteiger partial charge on any atom is 0.0348 e. The second-order valence-corrected chi connectivity index (χ2v) is 5.33. The van der Waals surface area contributed by atoms with Crippen LogP contribution in [0.5, 0.6) is 0 Å². The Morgan fingerprint density at radius 2 is 2.18 bits per heavy atom. The number of likely N-dealkylation sites (tertiary alicyclic amines) is 1. The summed E-state index contributed by atoms with van der Waals surface area (Å²) in [5.74, 6) is 0.663. The molecular weight excluding hydrogens is 208 g/mol. The zero-order chi connectivity index (χ0) is 12.4. The Balaban J connectivity index is 2.22. The van der Waals surface area contributed by atoms with Gasteiger partial charge in [-0.3, -0.25) is 4.90 Å². The smallest absolute Gasteiger partial charge is 0.0348 e. The molecule has 1 aromatic carbocycles. The van der Waals surface area contributed by atoms with Crippen molar-refractivity contribution in [1.82, 2.24) is 4.90 Å². The Bertz CT molecular complexity index is 387. The minimum absolute atomic E-state index is 0.564. The SMILES string of the molecule is CCc1cc(C2CC(CN)CN2C)ccc1C. The Labute approximate surface area is 105 Å². The molecule has 2 rings (SSSR count). The minimum Gasteiger partial charge on any atom is -0.330 e. The van der Waals surface area contributed by atoms with Gasteiger partial charge in [-0.05, 0) is 56.0 Å². The quantitative estimate of drug-likeness (QED) is 0.867. The van der Waals surface area contributed by atoms with Crippen LogP contribution in [0.4, 0.5) is 0 Å². The summed E-state index contributed by atoms with van der Waals surface area (Å²) >= 11 is 0. The molecule has 1 aliphatic heterocycles. The summed E-state index contributed by atoms with van der Waals surface area (Å²) in [4.78, 5) is 2.45. The van der Waals surface area contributed by atoms with Crippen molar-refractivity contribution in [3.63, 3.8) is 0 Å². The summed E-state index contributed by atoms with van der Waals surface area (Å²) in [5, 5.41) is 0. The van der Waals surface area contributed by atoms with Crippen LogP contribution >= 0.6 is 0 Å². The Morgan fingerprint density at radius 1 is 1.41 bits per heavy atom. The van der Waals surface area contributed by atoms with Crippen LogP contribution in [0.2, 0.25) is 0 Å². The van der Waals surface area contributed by atoms with Crippen molar-refractivity contribution in [3.8, 4) is 0 Å². The van der Waals surface area contributed by atoms with Crippen LogP contribution in [0.1, 0.15) is 36.1 Å². The highest BCUT2D eigenvalue weighted by molar-refractivity contribution is 5.33. The number of nitrogens with zero attached hydrogens (tertiary/aromatic N) is 1. The van der Waals surface area contributed by atoms with Crippen molar-refractivity contribution in [3.05, 3.63) is 34.9 Å². The van der Waals surface area contributed by atoms with Gasteiger partial charge in [-0.15, -0.1) is 0 Å². The molecule has 0 aromatic heterocycles. The van der Waals surface area contributed by atoms with Crippen molar-refractivity contribution in [2.24, 2.45) is 11.7 Å². The number of hydrogen-bond donors (Lipinski definition) is 1. The first-order chi connectivity index (χ1) is 8.15. The monoisotopic (exact) mass is 232 g/mol. The molecule has 0 saturated carbocycles. The lowest BCUT2D eigenvalue weighted by molar-refractivity contribution is 0.313. The predicted octanol–water partition coefficient (Wildman–Crippen LogP) is 2.51. The second-order valence-electron chi connectivity index (χ2n) is 5.33. The molecule has 2 nitrogen and oxygen atoms in total. The van der Waals surface area contributed by atoms with Crippen molar-refractivity contribution in [2.75, 3.05) is 20.1 Å². The molecule has 0 amide bonds. The average Bonchev–Trinajstić information content (AvgIpc) is 2.71. The second kappa shape index (κ2) is 5.19. The standard InChI is InChI=1S/C15H24N2/c1-4-13-8-14(6-5-11(13)2)15-7-12(9-16)10-17(15)3/h5-6,8,12,15H,4,7,9-10,16H2,1-3H3. The first-order valence-electron chi connectivity index (χ1n) is 6.65. The molecule has 1 aromatic rings. The summed E-state index contributed by atoms with van der Waals surface area (Å²) in [7, 11) is 2.21. The van der Waals surface area contributed by atoms with Crippen LogP contribution in [-0.2, 0) is 6.42 Å². The van der Waals surface area contributed by atoms with Gasteiger partial charge in [0.15, 0.2) is 0 Å². The van der Waals surface area contributed by atoms with E-state index in [-0.39, 0.29) is 0 Å². The Hall–Kier alpha value is -0.860. The zero-order valence-corrected chi connectivity index (χ0v) is 11.2. The Morgan fingerprint density at radius 3 is 2.76 bits per heavy atom. The molecule has 1 saturated heterocycles. The van der Waals surface area contributed by atoms with Crippen LogP contribution in [0.3, 0.4) is 0 Å². The molecular formula is C15H24N2. The summed E-state index contributed by atoms with van der Waals surface area (Å²) in [6.45, 7) is 6.38. The van der Waals surface area contributed by atoms with Crippen LogP contribution in [0.25, 0.3) is 0 Å². The molecule has 2 N–H and O–H groups in total. The van der Waals surface area contributed by atoms with Crippen LogP contribution in [0, 0.1) is 12.8 Å². The van der Waals surface area contributed by atoms with Gasteiger partial charge >= 0.3 is 0 Å². The zero-order valence-electron chi connectivity index (χ0n) is 11.2. The van der Waals surface area contributed by atoms with Gasteiger partial charge in [0, 0.05) is 12.6 Å². The average molecular weight is 232 g/mol. The van der Waals surface area contributed by atoms with E-state index in [1.807, 2.05) is 0 Å². The lowest BCUT2D eigenvalue weighted by atomic mass is 9.95. The van der Waals surface area contributed by atoms with Crippen LogP contribution in [0.15, 0.2) is 18.2 Å². The molecule has 2 unspecified atom stereocenters. The van der Waals surface area contributed by atoms with Gasteiger partial charge in [0.1, 0.15) is 0 Å². The van der Waals surface area contributed by atoms with E-state index in [9.17, 15) is 0 Å². The minimum atomic E-state index is 0.564. The van der Waals surface area contributed by atoms with Gasteiger partial charge < -0.3 is 5.73 Å². The van der Waals surface area contributed by atoms with Gasteiger partial charge in [-0.25, -0.2) is 0 Å². The van der Waals surface area contributed by atoms with Gasteiger partial charge in [0.2, 0.25) is 0 Å². The molecule has 0 aliphatic carbocycles. The van der Waals surface area contributed by atoms with Crippen molar-refractivity contribution < 1.29 is 0 Å². The normalized spacial score (nSPS) is 25.4. The summed E-state index contributed by atoms with van der Waals surface area (Å²) in [6, 6.07) is 7.50. The summed E-state index contributed by atoms with van der Waals surface area (Å²) in [6.07, 6.45) is 2.33. The first-order valence-corrected chi connectivity index (χ1v) is 6.65. The molecule has 0 spiro atoms. The molecule has 1 aliphatic rings. The van der Waals surface area contributed by atoms with E-state index in [1.54, 1.807) is 0 Å². The number of benzene rings is 1. The van der Waals surface area contributed by atoms with E-state index in [4.69, 9.17) is 5.73 Å². The fourth-order valence-corrected chi connectivity index (χ4v) is 2.95. The number of rotatable bonds is 3. The number of nitrogens with two attached hydrogens (primary N) is 1. The molecule has 1 fully saturated rings. The van der Waals surface area contributed by atoms with Gasteiger partial charge in [0.05, 0.1) is 0 Å². The van der Waals surface area contributed by atoms with E-state index >= 15 is 0 Å². The number of hydrogen-bond acceptors (Lipinski definition) is 2. The maximum atomic E-state index is 5.79. The van der Waals surface area contributed by atoms with Crippen LogP contribution < -0.4 is 5.73 Å². The summed E-state index contributed by atoms with van der Waals surface area (Å²) < 4.78 is 0. The molecule has 2 heteroatoms. The van der Waals surface area contributed by atoms with E-state index < -0.39 is 0 Å². The highest BCUT2D eigenvalue weighted by Gasteiger charge is 2.29. The van der Waals surface area contributed by atoms with E-state index in [1.165, 1.54) is 23.1 Å². The lowest BCUT2D eigenvalue weighted by Crippen LogP contribution is -2.20. The fraction of sp³-hybridized carbons (Fsp3) is 0.600. The van der Waals surface area contributed by atoms with E-state index in [2.05, 4.69) is 44.0 Å². The third-order valence-electron chi connectivity index (χ3n) is 4.11.